The van der Waals surface area contributed by atoms with E-state index in [1.807, 2.05) is 0 Å². The van der Waals surface area contributed by atoms with Gasteiger partial charge in [0.15, 0.2) is 5.69 Å². The molecule has 0 spiro atoms. The second kappa shape index (κ2) is 8.06. The number of likely N-dealkylation sites (tertiary alicyclic amines) is 1. The van der Waals surface area contributed by atoms with E-state index in [4.69, 9.17) is 4.74 Å². The van der Waals surface area contributed by atoms with Crippen LogP contribution in [-0.2, 0) is 22.5 Å². The number of H-pyrrole nitrogens is 1. The lowest BCUT2D eigenvalue weighted by Crippen LogP contribution is -2.50. The predicted molar refractivity (Wildman–Crippen MR) is 116 cm³/mol. The molecule has 3 aliphatic rings. The van der Waals surface area contributed by atoms with E-state index < -0.39 is 5.60 Å². The zero-order valence-corrected chi connectivity index (χ0v) is 17.9. The van der Waals surface area contributed by atoms with Crippen LogP contribution in [0.5, 0.6) is 0 Å². The monoisotopic (exact) mass is 435 g/mol. The summed E-state index contributed by atoms with van der Waals surface area (Å²) in [5.41, 5.74) is 1.85. The van der Waals surface area contributed by atoms with E-state index in [1.165, 1.54) is 4.90 Å². The number of aromatic nitrogens is 2. The van der Waals surface area contributed by atoms with Crippen LogP contribution >= 0.6 is 0 Å². The molecule has 2 saturated heterocycles. The maximum Gasteiger partial charge on any atom is 0.276 e. The van der Waals surface area contributed by atoms with Gasteiger partial charge in [-0.15, -0.1) is 0 Å². The minimum atomic E-state index is -1.65. The Hall–Kier alpha value is -3.19. The third kappa shape index (κ3) is 3.77. The van der Waals surface area contributed by atoms with Crippen LogP contribution in [0, 0.1) is 11.8 Å². The molecule has 0 bridgehead atoms. The first-order valence-electron chi connectivity index (χ1n) is 10.7. The summed E-state index contributed by atoms with van der Waals surface area (Å²) in [7, 11) is 1.64. The molecule has 0 unspecified atom stereocenters. The van der Waals surface area contributed by atoms with Crippen molar-refractivity contribution < 1.29 is 19.4 Å². The third-order valence-electron chi connectivity index (χ3n) is 6.36. The molecule has 5 rings (SSSR count). The first kappa shape index (κ1) is 20.7. The van der Waals surface area contributed by atoms with Gasteiger partial charge in [0.25, 0.3) is 11.8 Å². The van der Waals surface area contributed by atoms with Gasteiger partial charge in [0.2, 0.25) is 5.60 Å². The molecule has 0 aliphatic carbocycles. The number of carbonyl (C=O) groups excluding carboxylic acids is 2. The van der Waals surface area contributed by atoms with E-state index >= 15 is 0 Å². The van der Waals surface area contributed by atoms with Crippen molar-refractivity contribution in [2.45, 2.75) is 31.0 Å². The summed E-state index contributed by atoms with van der Waals surface area (Å²) >= 11 is 0. The summed E-state index contributed by atoms with van der Waals surface area (Å²) in [5.74, 6) is 4.89. The molecule has 0 radical (unpaired) electrons. The second-order valence-corrected chi connectivity index (χ2v) is 8.56. The number of amides is 2. The maximum absolute atomic E-state index is 13.0. The Bertz CT molecular complexity index is 1130. The minimum Gasteiger partial charge on any atom is -0.378 e. The summed E-state index contributed by atoms with van der Waals surface area (Å²) in [6.45, 7) is 3.54. The fraction of sp³-hybridized carbons (Fsp3) is 0.435. The first-order valence-corrected chi connectivity index (χ1v) is 10.7. The van der Waals surface area contributed by atoms with Gasteiger partial charge in [-0.2, -0.15) is 5.10 Å². The number of hydrogen-bond acceptors (Lipinski definition) is 6. The number of benzene rings is 1. The van der Waals surface area contributed by atoms with Crippen molar-refractivity contribution in [2.24, 2.45) is 0 Å². The van der Waals surface area contributed by atoms with Gasteiger partial charge in [-0.1, -0.05) is 17.9 Å². The van der Waals surface area contributed by atoms with Gasteiger partial charge in [-0.25, -0.2) is 0 Å². The first-order chi connectivity index (χ1) is 15.4. The highest BCUT2D eigenvalue weighted by atomic mass is 16.5. The lowest BCUT2D eigenvalue weighted by Gasteiger charge is -2.39. The Morgan fingerprint density at radius 3 is 2.94 bits per heavy atom. The number of fused-ring (bicyclic) bond motifs is 1. The van der Waals surface area contributed by atoms with Gasteiger partial charge in [-0.3, -0.25) is 19.6 Å². The Kier molecular flexibility index (Phi) is 5.21. The highest BCUT2D eigenvalue weighted by Gasteiger charge is 2.42. The van der Waals surface area contributed by atoms with Crippen molar-refractivity contribution >= 4 is 17.5 Å². The molecule has 1 aromatic heterocycles. The molecule has 32 heavy (non-hydrogen) atoms. The van der Waals surface area contributed by atoms with Crippen molar-refractivity contribution in [3.8, 4) is 11.8 Å². The van der Waals surface area contributed by atoms with Crippen LogP contribution in [-0.4, -0.2) is 81.9 Å². The van der Waals surface area contributed by atoms with Crippen molar-refractivity contribution in [3.63, 3.8) is 0 Å². The van der Waals surface area contributed by atoms with Crippen LogP contribution in [0.1, 0.15) is 33.7 Å². The standard InChI is InChI=1S/C23H25N5O4/c1-27-10-8-23(31,22(27)30)7-5-15-3-2-4-16(11-15)24-21(29)20-18-12-28(17-13-32-14-17)9-6-19(18)25-26-20/h2-4,11,17,31H,6,8-10,12-14H2,1H3,(H,24,29)(H,25,26)/t23-/m0/s1. The zero-order chi connectivity index (χ0) is 22.3. The number of aliphatic hydroxyl groups is 1. The van der Waals surface area contributed by atoms with Crippen LogP contribution in [0.4, 0.5) is 5.69 Å². The molecular formula is C23H25N5O4. The van der Waals surface area contributed by atoms with Crippen LogP contribution in [0.15, 0.2) is 24.3 Å². The highest BCUT2D eigenvalue weighted by molar-refractivity contribution is 6.04. The largest absolute Gasteiger partial charge is 0.378 e. The van der Waals surface area contributed by atoms with Crippen LogP contribution in [0.2, 0.25) is 0 Å². The smallest absolute Gasteiger partial charge is 0.276 e. The number of carbonyl (C=O) groups is 2. The molecule has 4 heterocycles. The number of aromatic amines is 1. The van der Waals surface area contributed by atoms with Crippen molar-refractivity contribution in [1.82, 2.24) is 20.0 Å². The minimum absolute atomic E-state index is 0.278. The van der Waals surface area contributed by atoms with E-state index in [0.29, 0.717) is 36.1 Å². The Morgan fingerprint density at radius 2 is 2.22 bits per heavy atom. The predicted octanol–water partition coefficient (Wildman–Crippen LogP) is 0.364. The lowest BCUT2D eigenvalue weighted by atomic mass is 10.0. The quantitative estimate of drug-likeness (QED) is 0.601. The molecule has 9 nitrogen and oxygen atoms in total. The van der Waals surface area contributed by atoms with Gasteiger partial charge in [0, 0.05) is 62.0 Å². The number of nitrogens with zero attached hydrogens (tertiary/aromatic N) is 3. The molecule has 9 heteroatoms. The van der Waals surface area contributed by atoms with Crippen molar-refractivity contribution in [2.75, 3.05) is 38.7 Å². The highest BCUT2D eigenvalue weighted by Crippen LogP contribution is 2.25. The summed E-state index contributed by atoms with van der Waals surface area (Å²) in [6.07, 6.45) is 1.11. The van der Waals surface area contributed by atoms with E-state index in [2.05, 4.69) is 32.3 Å². The van der Waals surface area contributed by atoms with Gasteiger partial charge < -0.3 is 20.1 Å². The Labute approximate surface area is 185 Å². The molecule has 3 N–H and O–H groups in total. The fourth-order valence-electron chi connectivity index (χ4n) is 4.26. The molecule has 166 valence electrons. The van der Waals surface area contributed by atoms with E-state index in [1.54, 1.807) is 31.3 Å². The van der Waals surface area contributed by atoms with Crippen molar-refractivity contribution in [1.29, 1.82) is 0 Å². The molecule has 1 atom stereocenters. The number of rotatable bonds is 3. The fourth-order valence-corrected chi connectivity index (χ4v) is 4.26. The summed E-state index contributed by atoms with van der Waals surface area (Å²) in [4.78, 5) is 28.8. The maximum atomic E-state index is 13.0. The summed E-state index contributed by atoms with van der Waals surface area (Å²) < 4.78 is 5.30. The second-order valence-electron chi connectivity index (χ2n) is 8.56. The molecule has 0 saturated carbocycles. The molecule has 3 aliphatic heterocycles. The molecule has 2 amide bonds. The number of anilines is 1. The topological polar surface area (TPSA) is 111 Å². The van der Waals surface area contributed by atoms with Gasteiger partial charge >= 0.3 is 0 Å². The average Bonchev–Trinajstić information content (AvgIpc) is 3.28. The van der Waals surface area contributed by atoms with Gasteiger partial charge in [0.05, 0.1) is 19.3 Å². The summed E-state index contributed by atoms with van der Waals surface area (Å²) in [6, 6.07) is 7.43. The molecule has 2 aromatic rings. The molecular weight excluding hydrogens is 410 g/mol. The van der Waals surface area contributed by atoms with Crippen molar-refractivity contribution in [3.05, 3.63) is 46.8 Å². The van der Waals surface area contributed by atoms with E-state index in [-0.39, 0.29) is 18.2 Å². The third-order valence-corrected chi connectivity index (χ3v) is 6.36. The Morgan fingerprint density at radius 1 is 1.38 bits per heavy atom. The molecule has 2 fully saturated rings. The van der Waals surface area contributed by atoms with Crippen LogP contribution < -0.4 is 5.32 Å². The zero-order valence-electron chi connectivity index (χ0n) is 17.9. The number of nitrogens with one attached hydrogen (secondary N) is 2. The SMILES string of the molecule is CN1CC[C@@](O)(C#Cc2cccc(NC(=O)c3n[nH]c4c3CN(C3COC3)CC4)c2)C1=O. The lowest BCUT2D eigenvalue weighted by molar-refractivity contribution is -0.137. The van der Waals surface area contributed by atoms with Crippen LogP contribution in [0.3, 0.4) is 0 Å². The normalized spacial score (nSPS) is 23.3. The molecule has 1 aromatic carbocycles. The van der Waals surface area contributed by atoms with E-state index in [0.717, 1.165) is 37.4 Å². The Balaban J connectivity index is 1.30. The van der Waals surface area contributed by atoms with Gasteiger partial charge in [0.1, 0.15) is 0 Å². The van der Waals surface area contributed by atoms with Crippen LogP contribution in [0.25, 0.3) is 0 Å². The summed E-state index contributed by atoms with van der Waals surface area (Å²) in [5, 5.41) is 20.6. The number of ether oxygens (including phenoxy) is 1. The number of hydrogen-bond donors (Lipinski definition) is 3. The number of likely N-dealkylation sites (N-methyl/N-ethyl adjacent to an activating group) is 1. The van der Waals surface area contributed by atoms with Gasteiger partial charge in [-0.05, 0) is 18.2 Å². The average molecular weight is 435 g/mol. The van der Waals surface area contributed by atoms with E-state index in [9.17, 15) is 14.7 Å².